The number of benzene rings is 1. The number of nitrogens with two attached hydrogens (primary N) is 1. The predicted octanol–water partition coefficient (Wildman–Crippen LogP) is 1.46. The van der Waals surface area contributed by atoms with Gasteiger partial charge < -0.3 is 15.5 Å². The van der Waals surface area contributed by atoms with Crippen molar-refractivity contribution in [1.82, 2.24) is 4.90 Å². The maximum absolute atomic E-state index is 13.7. The van der Waals surface area contributed by atoms with Crippen molar-refractivity contribution in [3.8, 4) is 0 Å². The normalized spacial score (nSPS) is 17.4. The molecular weight excluding hydrogens is 257 g/mol. The van der Waals surface area contributed by atoms with E-state index < -0.39 is 6.04 Å². The zero-order valence-corrected chi connectivity index (χ0v) is 12.1. The molecule has 110 valence electrons. The summed E-state index contributed by atoms with van der Waals surface area (Å²) in [6.07, 6.45) is 0. The zero-order valence-electron chi connectivity index (χ0n) is 12.1. The fourth-order valence-electron chi connectivity index (χ4n) is 2.37. The van der Waals surface area contributed by atoms with Gasteiger partial charge in [0, 0.05) is 26.2 Å². The van der Waals surface area contributed by atoms with E-state index in [1.807, 2.05) is 24.8 Å². The third-order valence-electron chi connectivity index (χ3n) is 3.79. The van der Waals surface area contributed by atoms with Crippen LogP contribution < -0.4 is 10.6 Å². The highest BCUT2D eigenvalue weighted by Gasteiger charge is 2.27. The number of piperazine rings is 1. The van der Waals surface area contributed by atoms with Crippen molar-refractivity contribution in [2.45, 2.75) is 19.9 Å². The number of halogens is 1. The third kappa shape index (κ3) is 3.10. The molecule has 1 amide bonds. The topological polar surface area (TPSA) is 49.6 Å². The van der Waals surface area contributed by atoms with Crippen LogP contribution in [0.2, 0.25) is 0 Å². The number of nitrogens with zero attached hydrogens (tertiary/aromatic N) is 2. The third-order valence-corrected chi connectivity index (χ3v) is 3.79. The summed E-state index contributed by atoms with van der Waals surface area (Å²) in [7, 11) is 0. The molecule has 0 unspecified atom stereocenters. The zero-order chi connectivity index (χ0) is 14.7. The lowest BCUT2D eigenvalue weighted by atomic mass is 10.0. The lowest BCUT2D eigenvalue weighted by Crippen LogP contribution is -2.54. The molecule has 20 heavy (non-hydrogen) atoms. The highest BCUT2D eigenvalue weighted by Crippen LogP contribution is 2.20. The molecule has 0 saturated carbocycles. The van der Waals surface area contributed by atoms with E-state index >= 15 is 0 Å². The summed E-state index contributed by atoms with van der Waals surface area (Å²) < 4.78 is 13.7. The quantitative estimate of drug-likeness (QED) is 0.911. The van der Waals surface area contributed by atoms with Gasteiger partial charge in [0.2, 0.25) is 5.91 Å². The number of hydrogen-bond donors (Lipinski definition) is 1. The standard InChI is InChI=1S/C15H22FN3O/c1-11(2)14(17)15(20)19-9-7-18(8-10-19)13-6-4-3-5-12(13)16/h3-6,11,14H,7-10,17H2,1-2H3/t14-/m1/s1. The second-order valence-electron chi connectivity index (χ2n) is 5.53. The number of carbonyl (C=O) groups excluding carboxylic acids is 1. The van der Waals surface area contributed by atoms with Crippen molar-refractivity contribution in [2.24, 2.45) is 11.7 Å². The van der Waals surface area contributed by atoms with E-state index in [0.717, 1.165) is 0 Å². The van der Waals surface area contributed by atoms with Crippen LogP contribution in [0.25, 0.3) is 0 Å². The smallest absolute Gasteiger partial charge is 0.239 e. The molecule has 0 radical (unpaired) electrons. The molecule has 0 aliphatic carbocycles. The number of anilines is 1. The lowest BCUT2D eigenvalue weighted by molar-refractivity contribution is -0.133. The van der Waals surface area contributed by atoms with Gasteiger partial charge in [-0.1, -0.05) is 26.0 Å². The molecule has 2 N–H and O–H groups in total. The SMILES string of the molecule is CC(C)[C@@H](N)C(=O)N1CCN(c2ccccc2F)CC1. The summed E-state index contributed by atoms with van der Waals surface area (Å²) in [4.78, 5) is 15.9. The maximum Gasteiger partial charge on any atom is 0.239 e. The van der Waals surface area contributed by atoms with E-state index in [4.69, 9.17) is 5.73 Å². The molecule has 1 fully saturated rings. The molecule has 4 nitrogen and oxygen atoms in total. The summed E-state index contributed by atoms with van der Waals surface area (Å²) in [5.41, 5.74) is 6.50. The maximum atomic E-state index is 13.7. The molecule has 2 rings (SSSR count). The summed E-state index contributed by atoms with van der Waals surface area (Å²) >= 11 is 0. The van der Waals surface area contributed by atoms with Crippen LogP contribution in [0, 0.1) is 11.7 Å². The first-order valence-electron chi connectivity index (χ1n) is 7.04. The Bertz CT molecular complexity index is 470. The minimum atomic E-state index is -0.449. The van der Waals surface area contributed by atoms with Crippen molar-refractivity contribution in [1.29, 1.82) is 0 Å². The molecule has 1 aromatic carbocycles. The molecule has 5 heteroatoms. The number of hydrogen-bond acceptors (Lipinski definition) is 3. The van der Waals surface area contributed by atoms with Crippen LogP contribution in [-0.2, 0) is 4.79 Å². The Morgan fingerprint density at radius 3 is 2.35 bits per heavy atom. The second kappa shape index (κ2) is 6.22. The van der Waals surface area contributed by atoms with Crippen LogP contribution in [0.3, 0.4) is 0 Å². The molecule has 1 saturated heterocycles. The minimum Gasteiger partial charge on any atom is -0.366 e. The Hall–Kier alpha value is -1.62. The van der Waals surface area contributed by atoms with E-state index in [9.17, 15) is 9.18 Å². The first-order valence-corrected chi connectivity index (χ1v) is 7.04. The molecule has 0 bridgehead atoms. The summed E-state index contributed by atoms with van der Waals surface area (Å²) in [6, 6.07) is 6.29. The molecule has 0 aromatic heterocycles. The van der Waals surface area contributed by atoms with Gasteiger partial charge in [0.25, 0.3) is 0 Å². The van der Waals surface area contributed by atoms with Crippen LogP contribution in [0.1, 0.15) is 13.8 Å². The van der Waals surface area contributed by atoms with Gasteiger partial charge in [-0.15, -0.1) is 0 Å². The van der Waals surface area contributed by atoms with E-state index in [2.05, 4.69) is 0 Å². The number of rotatable bonds is 3. The number of carbonyl (C=O) groups is 1. The molecule has 1 aliphatic heterocycles. The van der Waals surface area contributed by atoms with Crippen molar-refractivity contribution in [3.05, 3.63) is 30.1 Å². The number of para-hydroxylation sites is 1. The van der Waals surface area contributed by atoms with Crippen LogP contribution in [0.5, 0.6) is 0 Å². The lowest BCUT2D eigenvalue weighted by Gasteiger charge is -2.37. The van der Waals surface area contributed by atoms with E-state index in [0.29, 0.717) is 31.9 Å². The van der Waals surface area contributed by atoms with E-state index in [-0.39, 0.29) is 17.6 Å². The Morgan fingerprint density at radius 1 is 1.20 bits per heavy atom. The highest BCUT2D eigenvalue weighted by atomic mass is 19.1. The number of amides is 1. The van der Waals surface area contributed by atoms with Crippen molar-refractivity contribution < 1.29 is 9.18 Å². The average Bonchev–Trinajstić information content (AvgIpc) is 2.46. The Morgan fingerprint density at radius 2 is 1.80 bits per heavy atom. The van der Waals surface area contributed by atoms with Gasteiger partial charge in [-0.3, -0.25) is 4.79 Å². The van der Waals surface area contributed by atoms with Gasteiger partial charge in [0.15, 0.2) is 0 Å². The van der Waals surface area contributed by atoms with Gasteiger partial charge in [0.1, 0.15) is 5.82 Å². The first-order chi connectivity index (χ1) is 9.50. The summed E-state index contributed by atoms with van der Waals surface area (Å²) in [6.45, 7) is 6.34. The van der Waals surface area contributed by atoms with Crippen LogP contribution in [0.4, 0.5) is 10.1 Å². The van der Waals surface area contributed by atoms with Crippen molar-refractivity contribution in [3.63, 3.8) is 0 Å². The van der Waals surface area contributed by atoms with Gasteiger partial charge in [0.05, 0.1) is 11.7 Å². The largest absolute Gasteiger partial charge is 0.366 e. The van der Waals surface area contributed by atoms with Crippen LogP contribution in [-0.4, -0.2) is 43.0 Å². The molecule has 1 aliphatic rings. The first kappa shape index (κ1) is 14.8. The predicted molar refractivity (Wildman–Crippen MR) is 78.0 cm³/mol. The van der Waals surface area contributed by atoms with Crippen LogP contribution in [0.15, 0.2) is 24.3 Å². The van der Waals surface area contributed by atoms with Crippen LogP contribution >= 0.6 is 0 Å². The summed E-state index contributed by atoms with van der Waals surface area (Å²) in [5.74, 6) is -0.0913. The van der Waals surface area contributed by atoms with Crippen molar-refractivity contribution >= 4 is 11.6 Å². The van der Waals surface area contributed by atoms with Gasteiger partial charge in [-0.05, 0) is 18.1 Å². The van der Waals surface area contributed by atoms with E-state index in [1.165, 1.54) is 6.07 Å². The second-order valence-corrected chi connectivity index (χ2v) is 5.53. The van der Waals surface area contributed by atoms with Gasteiger partial charge in [-0.25, -0.2) is 4.39 Å². The van der Waals surface area contributed by atoms with Crippen molar-refractivity contribution in [2.75, 3.05) is 31.1 Å². The summed E-state index contributed by atoms with van der Waals surface area (Å²) in [5, 5.41) is 0. The minimum absolute atomic E-state index is 0.00631. The molecule has 1 aromatic rings. The fourth-order valence-corrected chi connectivity index (χ4v) is 2.37. The molecular formula is C15H22FN3O. The van der Waals surface area contributed by atoms with Gasteiger partial charge >= 0.3 is 0 Å². The average molecular weight is 279 g/mol. The monoisotopic (exact) mass is 279 g/mol. The Kier molecular flexibility index (Phi) is 4.60. The highest BCUT2D eigenvalue weighted by molar-refractivity contribution is 5.82. The Labute approximate surface area is 119 Å². The fraction of sp³-hybridized carbons (Fsp3) is 0.533. The van der Waals surface area contributed by atoms with Gasteiger partial charge in [-0.2, -0.15) is 0 Å². The van der Waals surface area contributed by atoms with E-state index in [1.54, 1.807) is 17.0 Å². The Balaban J connectivity index is 1.96. The molecule has 0 spiro atoms. The molecule has 1 heterocycles. The molecule has 1 atom stereocenters.